The molecule has 2 heterocycles. The molecule has 0 spiro atoms. The van der Waals surface area contributed by atoms with Crippen LogP contribution >= 0.6 is 11.3 Å². The second-order valence-corrected chi connectivity index (χ2v) is 10.1. The highest BCUT2D eigenvalue weighted by Gasteiger charge is 2.31. The number of nitriles is 1. The van der Waals surface area contributed by atoms with Gasteiger partial charge in [-0.1, -0.05) is 49.4 Å². The van der Waals surface area contributed by atoms with Gasteiger partial charge >= 0.3 is 12.4 Å². The molecule has 43 heavy (non-hydrogen) atoms. The summed E-state index contributed by atoms with van der Waals surface area (Å²) in [5.74, 6) is 0.0188. The summed E-state index contributed by atoms with van der Waals surface area (Å²) >= 11 is 1.34. The summed E-state index contributed by atoms with van der Waals surface area (Å²) in [6.45, 7) is 4.01. The number of nitrogens with one attached hydrogen (secondary N) is 1. The number of rotatable bonds is 7. The molecule has 0 bridgehead atoms. The number of carbonyl (C=O) groups is 1. The van der Waals surface area contributed by atoms with Crippen molar-refractivity contribution in [1.82, 2.24) is 24.6 Å². The number of halogens is 3. The first-order valence-electron chi connectivity index (χ1n) is 13.0. The number of hydrogen-bond donors (Lipinski definition) is 1. The first kappa shape index (κ1) is 29.3. The van der Waals surface area contributed by atoms with Gasteiger partial charge in [0, 0.05) is 16.6 Å². The normalized spacial score (nSPS) is 12.5. The zero-order chi connectivity index (χ0) is 30.6. The molecule has 2 aromatic heterocycles. The van der Waals surface area contributed by atoms with Crippen LogP contribution in [0, 0.1) is 18.3 Å². The number of para-hydroxylation sites is 1. The van der Waals surface area contributed by atoms with Crippen molar-refractivity contribution in [3.63, 3.8) is 0 Å². The molecule has 0 aliphatic carbocycles. The summed E-state index contributed by atoms with van der Waals surface area (Å²) in [7, 11) is 0. The van der Waals surface area contributed by atoms with Crippen molar-refractivity contribution >= 4 is 17.4 Å². The van der Waals surface area contributed by atoms with E-state index in [9.17, 15) is 23.2 Å². The van der Waals surface area contributed by atoms with E-state index in [0.29, 0.717) is 27.4 Å². The number of ether oxygens (including phenoxy) is 1. The lowest BCUT2D eigenvalue weighted by atomic mass is 10.1. The molecule has 0 saturated carbocycles. The maximum atomic E-state index is 12.9. The van der Waals surface area contributed by atoms with Crippen LogP contribution in [0.5, 0.6) is 5.75 Å². The molecule has 1 unspecified atom stereocenters. The molecule has 1 N–H and O–H groups in total. The van der Waals surface area contributed by atoms with Crippen LogP contribution in [0.1, 0.15) is 29.8 Å². The molecule has 9 nitrogen and oxygen atoms in total. The molecule has 1 atom stereocenters. The number of aryl methyl sites for hydroxylation is 2. The Morgan fingerprint density at radius 2 is 1.84 bits per heavy atom. The average Bonchev–Trinajstić information content (AvgIpc) is 3.62. The van der Waals surface area contributed by atoms with Gasteiger partial charge in [-0.3, -0.25) is 4.57 Å². The smallest absolute Gasteiger partial charge is 0.406 e. The Morgan fingerprint density at radius 1 is 1.12 bits per heavy atom. The minimum atomic E-state index is -4.77. The van der Waals surface area contributed by atoms with Crippen molar-refractivity contribution in [3.05, 3.63) is 106 Å². The summed E-state index contributed by atoms with van der Waals surface area (Å²) in [6.07, 6.45) is -2.52. The Kier molecular flexibility index (Phi) is 8.40. The van der Waals surface area contributed by atoms with Crippen molar-refractivity contribution in [2.24, 2.45) is 4.99 Å². The fourth-order valence-electron chi connectivity index (χ4n) is 4.37. The highest BCUT2D eigenvalue weighted by Crippen LogP contribution is 2.25. The van der Waals surface area contributed by atoms with Crippen LogP contribution in [0.15, 0.2) is 89.5 Å². The number of aromatic nitrogens is 4. The predicted octanol–water partition coefficient (Wildman–Crippen LogP) is 6.43. The zero-order valence-electron chi connectivity index (χ0n) is 22.9. The van der Waals surface area contributed by atoms with E-state index >= 15 is 0 Å². The van der Waals surface area contributed by atoms with Crippen LogP contribution in [0.2, 0.25) is 0 Å². The van der Waals surface area contributed by atoms with E-state index in [1.54, 1.807) is 24.3 Å². The van der Waals surface area contributed by atoms with Crippen LogP contribution in [-0.4, -0.2) is 31.7 Å². The zero-order valence-corrected chi connectivity index (χ0v) is 23.7. The Morgan fingerprint density at radius 3 is 2.51 bits per heavy atom. The van der Waals surface area contributed by atoms with E-state index in [1.807, 2.05) is 41.1 Å². The molecule has 0 aliphatic heterocycles. The van der Waals surface area contributed by atoms with Crippen LogP contribution < -0.4 is 14.9 Å². The molecule has 5 aromatic rings. The van der Waals surface area contributed by atoms with Gasteiger partial charge in [0.05, 0.1) is 17.4 Å². The van der Waals surface area contributed by atoms with Crippen LogP contribution in [0.25, 0.3) is 22.8 Å². The van der Waals surface area contributed by atoms with Crippen LogP contribution in [0.3, 0.4) is 0 Å². The van der Waals surface area contributed by atoms with Crippen molar-refractivity contribution in [1.29, 1.82) is 5.26 Å². The molecule has 0 saturated heterocycles. The largest absolute Gasteiger partial charge is 0.573 e. The Balaban J connectivity index is 1.30. The van der Waals surface area contributed by atoms with E-state index in [0.717, 1.165) is 23.4 Å². The number of amides is 2. The molecule has 218 valence electrons. The lowest BCUT2D eigenvalue weighted by Crippen LogP contribution is -2.28. The number of benzene rings is 3. The number of nitrogens with zero attached hydrogens (tertiary/aromatic N) is 6. The molecule has 2 amide bonds. The SMILES string of the molecule is CCc1ccccc1-n1c(C)csc1=NC(=O)NC(C#N)c1ccc(-c2ncn(-c3ccc(OC(F)(F)F)cc3)n2)cc1. The van der Waals surface area contributed by atoms with E-state index < -0.39 is 18.4 Å². The predicted molar refractivity (Wildman–Crippen MR) is 154 cm³/mol. The highest BCUT2D eigenvalue weighted by molar-refractivity contribution is 7.07. The second-order valence-electron chi connectivity index (χ2n) is 9.28. The highest BCUT2D eigenvalue weighted by atomic mass is 32.1. The van der Waals surface area contributed by atoms with Crippen molar-refractivity contribution in [2.75, 3.05) is 0 Å². The third kappa shape index (κ3) is 6.82. The summed E-state index contributed by atoms with van der Waals surface area (Å²) in [5, 5.41) is 18.8. The van der Waals surface area contributed by atoms with Gasteiger partial charge in [0.1, 0.15) is 18.1 Å². The summed E-state index contributed by atoms with van der Waals surface area (Å²) in [6, 6.07) is 20.4. The first-order chi connectivity index (χ1) is 20.6. The number of thiazole rings is 1. The van der Waals surface area contributed by atoms with Crippen LogP contribution in [0.4, 0.5) is 18.0 Å². The second kappa shape index (κ2) is 12.3. The van der Waals surface area contributed by atoms with E-state index in [4.69, 9.17) is 0 Å². The Hall–Kier alpha value is -5.22. The lowest BCUT2D eigenvalue weighted by molar-refractivity contribution is -0.274. The van der Waals surface area contributed by atoms with E-state index in [-0.39, 0.29) is 5.75 Å². The third-order valence-electron chi connectivity index (χ3n) is 6.42. The van der Waals surface area contributed by atoms with E-state index in [1.165, 1.54) is 46.6 Å². The average molecular weight is 604 g/mol. The van der Waals surface area contributed by atoms with Gasteiger partial charge in [0.25, 0.3) is 0 Å². The number of alkyl halides is 3. The summed E-state index contributed by atoms with van der Waals surface area (Å²) in [4.78, 5) is 21.9. The Bertz CT molecular complexity index is 1850. The molecular weight excluding hydrogens is 579 g/mol. The fraction of sp³-hybridized carbons (Fsp3) is 0.167. The molecular formula is C30H24F3N7O2S. The first-order valence-corrected chi connectivity index (χ1v) is 13.9. The molecule has 3 aromatic carbocycles. The van der Waals surface area contributed by atoms with Crippen molar-refractivity contribution in [3.8, 4) is 34.6 Å². The van der Waals surface area contributed by atoms with Gasteiger partial charge < -0.3 is 10.1 Å². The van der Waals surface area contributed by atoms with Crippen molar-refractivity contribution < 1.29 is 22.7 Å². The van der Waals surface area contributed by atoms with Gasteiger partial charge in [0.2, 0.25) is 0 Å². The molecule has 5 rings (SSSR count). The number of hydrogen-bond acceptors (Lipinski definition) is 6. The molecule has 0 radical (unpaired) electrons. The number of urea groups is 1. The maximum absolute atomic E-state index is 12.9. The standard InChI is InChI=1S/C30H24F3N7O2S/c1-3-20-6-4-5-7-26(20)40-19(2)17-43-29(40)37-28(41)36-25(16-34)21-8-10-22(11-9-21)27-35-18-39(38-27)23-12-14-24(15-13-23)42-30(31,32)33/h4-15,17-18,25H,3H2,1-2H3,(H,36,41). The van der Waals surface area contributed by atoms with Crippen molar-refractivity contribution in [2.45, 2.75) is 32.7 Å². The quantitative estimate of drug-likeness (QED) is 0.231. The fourth-order valence-corrected chi connectivity index (χ4v) is 5.23. The van der Waals surface area contributed by atoms with Crippen LogP contribution in [-0.2, 0) is 6.42 Å². The lowest BCUT2D eigenvalue weighted by Gasteiger charge is -2.12. The molecule has 0 aliphatic rings. The third-order valence-corrected chi connectivity index (χ3v) is 7.36. The number of carbonyl (C=O) groups excluding carboxylic acids is 1. The monoisotopic (exact) mass is 603 g/mol. The molecule has 0 fully saturated rings. The summed E-state index contributed by atoms with van der Waals surface area (Å²) < 4.78 is 44.5. The van der Waals surface area contributed by atoms with Gasteiger partial charge in [-0.15, -0.1) is 29.6 Å². The molecule has 13 heteroatoms. The minimum Gasteiger partial charge on any atom is -0.406 e. The maximum Gasteiger partial charge on any atom is 0.573 e. The van der Waals surface area contributed by atoms with Gasteiger partial charge in [-0.2, -0.15) is 10.3 Å². The van der Waals surface area contributed by atoms with Gasteiger partial charge in [-0.05, 0) is 54.8 Å². The minimum absolute atomic E-state index is 0.342. The van der Waals surface area contributed by atoms with Gasteiger partial charge in [-0.25, -0.2) is 14.5 Å². The summed E-state index contributed by atoms with van der Waals surface area (Å²) in [5.41, 5.74) is 4.67. The topological polar surface area (TPSA) is 110 Å². The van der Waals surface area contributed by atoms with Gasteiger partial charge in [0.15, 0.2) is 10.6 Å². The Labute approximate surface area is 248 Å². The van der Waals surface area contributed by atoms with E-state index in [2.05, 4.69) is 38.1 Å².